The Morgan fingerprint density at radius 3 is 2.37 bits per heavy atom. The highest BCUT2D eigenvalue weighted by Gasteiger charge is 2.27. The van der Waals surface area contributed by atoms with Gasteiger partial charge in [-0.2, -0.15) is 0 Å². The predicted molar refractivity (Wildman–Crippen MR) is 167 cm³/mol. The minimum absolute atomic E-state index is 0.0608. The van der Waals surface area contributed by atoms with Gasteiger partial charge in [-0.3, -0.25) is 9.59 Å². The molecule has 0 unspecified atom stereocenters. The molecule has 2 amide bonds. The highest BCUT2D eigenvalue weighted by atomic mass is 16.5. The summed E-state index contributed by atoms with van der Waals surface area (Å²) >= 11 is 0. The Hall–Kier alpha value is -4.04. The van der Waals surface area contributed by atoms with E-state index < -0.39 is 0 Å². The number of nitrogens with zero attached hydrogens (tertiary/aromatic N) is 2. The number of para-hydroxylation sites is 1. The van der Waals surface area contributed by atoms with Crippen molar-refractivity contribution in [2.75, 3.05) is 54.2 Å². The lowest BCUT2D eigenvalue weighted by molar-refractivity contribution is -0.134. The molecule has 0 radical (unpaired) electrons. The van der Waals surface area contributed by atoms with Crippen LogP contribution in [-0.2, 0) is 22.4 Å². The van der Waals surface area contributed by atoms with E-state index in [4.69, 9.17) is 18.9 Å². The average molecular weight is 589 g/mol. The van der Waals surface area contributed by atoms with Crippen LogP contribution in [-0.4, -0.2) is 81.8 Å². The van der Waals surface area contributed by atoms with Gasteiger partial charge in [0, 0.05) is 33.2 Å². The van der Waals surface area contributed by atoms with E-state index in [0.717, 1.165) is 30.4 Å². The summed E-state index contributed by atoms with van der Waals surface area (Å²) in [6.45, 7) is 2.51. The monoisotopic (exact) mass is 588 g/mol. The largest absolute Gasteiger partial charge is 0.493 e. The number of ether oxygens (including phenoxy) is 4. The molecule has 0 aromatic heterocycles. The Labute approximate surface area is 255 Å². The molecule has 0 N–H and O–H groups in total. The van der Waals surface area contributed by atoms with Gasteiger partial charge in [0.1, 0.15) is 12.4 Å². The first kappa shape index (κ1) is 31.9. The van der Waals surface area contributed by atoms with E-state index in [-0.39, 0.29) is 24.5 Å². The van der Waals surface area contributed by atoms with Gasteiger partial charge in [-0.1, -0.05) is 48.5 Å². The fourth-order valence-electron chi connectivity index (χ4n) is 5.49. The maximum absolute atomic E-state index is 13.9. The van der Waals surface area contributed by atoms with Crippen LogP contribution in [0.5, 0.6) is 17.2 Å². The molecule has 0 saturated carbocycles. The summed E-state index contributed by atoms with van der Waals surface area (Å²) in [5.74, 6) is 1.87. The summed E-state index contributed by atoms with van der Waals surface area (Å²) < 4.78 is 22.5. The summed E-state index contributed by atoms with van der Waals surface area (Å²) in [5, 5.41) is 0. The van der Waals surface area contributed by atoms with Crippen LogP contribution < -0.4 is 14.2 Å². The Morgan fingerprint density at radius 1 is 0.860 bits per heavy atom. The number of carbonyl (C=O) groups excluding carboxylic acids is 2. The van der Waals surface area contributed by atoms with Crippen molar-refractivity contribution in [3.05, 3.63) is 89.5 Å². The van der Waals surface area contributed by atoms with Crippen molar-refractivity contribution in [3.63, 3.8) is 0 Å². The van der Waals surface area contributed by atoms with E-state index in [2.05, 4.69) is 12.1 Å². The molecule has 0 aliphatic carbocycles. The van der Waals surface area contributed by atoms with Crippen molar-refractivity contribution in [1.29, 1.82) is 0 Å². The van der Waals surface area contributed by atoms with Crippen LogP contribution >= 0.6 is 0 Å². The normalized spacial score (nSPS) is 16.3. The quantitative estimate of drug-likeness (QED) is 0.315. The number of aryl methyl sites for hydroxylation is 1. The van der Waals surface area contributed by atoms with Gasteiger partial charge in [0.05, 0.1) is 32.4 Å². The van der Waals surface area contributed by atoms with Gasteiger partial charge in [0.15, 0.2) is 11.5 Å². The smallest absolute Gasteiger partial charge is 0.257 e. The summed E-state index contributed by atoms with van der Waals surface area (Å²) in [7, 11) is 4.87. The van der Waals surface area contributed by atoms with Gasteiger partial charge < -0.3 is 28.7 Å². The van der Waals surface area contributed by atoms with Gasteiger partial charge in [-0.05, 0) is 67.5 Å². The van der Waals surface area contributed by atoms with Gasteiger partial charge in [0.2, 0.25) is 5.91 Å². The summed E-state index contributed by atoms with van der Waals surface area (Å²) in [6.07, 6.45) is 4.18. The summed E-state index contributed by atoms with van der Waals surface area (Å²) in [6, 6.07) is 23.2. The number of rotatable bonds is 10. The average Bonchev–Trinajstić information content (AvgIpc) is 3.05. The van der Waals surface area contributed by atoms with Crippen LogP contribution in [0.2, 0.25) is 0 Å². The van der Waals surface area contributed by atoms with Crippen LogP contribution in [0, 0.1) is 0 Å². The van der Waals surface area contributed by atoms with E-state index in [1.807, 2.05) is 70.5 Å². The van der Waals surface area contributed by atoms with Crippen molar-refractivity contribution in [2.24, 2.45) is 0 Å². The minimum Gasteiger partial charge on any atom is -0.493 e. The lowest BCUT2D eigenvalue weighted by Gasteiger charge is -2.32. The second kappa shape index (κ2) is 16.6. The molecule has 3 aromatic rings. The van der Waals surface area contributed by atoms with Crippen molar-refractivity contribution >= 4 is 11.8 Å². The first-order valence-electron chi connectivity index (χ1n) is 15.1. The van der Waals surface area contributed by atoms with Crippen molar-refractivity contribution in [1.82, 2.24) is 9.80 Å². The third-order valence-electron chi connectivity index (χ3n) is 7.88. The second-order valence-electron chi connectivity index (χ2n) is 10.8. The molecule has 0 saturated heterocycles. The molecule has 8 heteroatoms. The fourth-order valence-corrected chi connectivity index (χ4v) is 5.49. The standard InChI is InChI=1S/C35H44N2O6/c1-40-23-22-36-20-10-5-11-21-37(34(38)19-17-28-16-18-32(41-2)33(25-28)42-3)29(24-27-12-6-4-7-13-27)26-43-31-15-9-8-14-30(31)35(36)39/h4,6-9,12-16,18,25,29H,5,10-11,17,19-24,26H2,1-3H3/t29-/m0/s1. The van der Waals surface area contributed by atoms with Gasteiger partial charge in [-0.25, -0.2) is 0 Å². The molecule has 0 fully saturated rings. The number of hydrogen-bond acceptors (Lipinski definition) is 6. The van der Waals surface area contributed by atoms with E-state index in [1.165, 1.54) is 0 Å². The summed E-state index contributed by atoms with van der Waals surface area (Å²) in [5.41, 5.74) is 2.67. The molecule has 8 nitrogen and oxygen atoms in total. The molecule has 4 rings (SSSR count). The third kappa shape index (κ3) is 8.97. The van der Waals surface area contributed by atoms with Crippen LogP contribution in [0.15, 0.2) is 72.8 Å². The molecular weight excluding hydrogens is 544 g/mol. The van der Waals surface area contributed by atoms with Crippen molar-refractivity contribution < 1.29 is 28.5 Å². The maximum atomic E-state index is 13.9. The zero-order valence-electron chi connectivity index (χ0n) is 25.6. The first-order valence-corrected chi connectivity index (χ1v) is 15.1. The van der Waals surface area contributed by atoms with Gasteiger partial charge in [-0.15, -0.1) is 0 Å². The first-order chi connectivity index (χ1) is 21.0. The molecule has 1 aliphatic heterocycles. The van der Waals surface area contributed by atoms with Gasteiger partial charge >= 0.3 is 0 Å². The van der Waals surface area contributed by atoms with E-state index >= 15 is 0 Å². The third-order valence-corrected chi connectivity index (χ3v) is 7.88. The van der Waals surface area contributed by atoms with Crippen LogP contribution in [0.1, 0.15) is 47.2 Å². The molecule has 1 heterocycles. The Kier molecular flexibility index (Phi) is 12.3. The van der Waals surface area contributed by atoms with Crippen LogP contribution in [0.4, 0.5) is 0 Å². The van der Waals surface area contributed by atoms with E-state index in [0.29, 0.717) is 68.3 Å². The number of amides is 2. The summed E-state index contributed by atoms with van der Waals surface area (Å²) in [4.78, 5) is 31.4. The maximum Gasteiger partial charge on any atom is 0.257 e. The van der Waals surface area contributed by atoms with Crippen LogP contribution in [0.25, 0.3) is 0 Å². The number of methoxy groups -OCH3 is 3. The minimum atomic E-state index is -0.200. The molecule has 1 atom stereocenters. The zero-order valence-corrected chi connectivity index (χ0v) is 25.6. The zero-order chi connectivity index (χ0) is 30.4. The Bertz CT molecular complexity index is 1310. The topological polar surface area (TPSA) is 77.5 Å². The lowest BCUT2D eigenvalue weighted by atomic mass is 10.0. The molecular formula is C35H44N2O6. The van der Waals surface area contributed by atoms with E-state index in [9.17, 15) is 9.59 Å². The molecule has 43 heavy (non-hydrogen) atoms. The number of benzene rings is 3. The Morgan fingerprint density at radius 2 is 1.60 bits per heavy atom. The molecule has 1 aliphatic rings. The van der Waals surface area contributed by atoms with Crippen LogP contribution in [0.3, 0.4) is 0 Å². The fraction of sp³-hybridized carbons (Fsp3) is 0.429. The number of fused-ring (bicyclic) bond motifs is 1. The molecule has 3 aromatic carbocycles. The highest BCUT2D eigenvalue weighted by molar-refractivity contribution is 5.97. The SMILES string of the molecule is COCCN1CCCCCN(C(=O)CCc2ccc(OC)c(OC)c2)[C@@H](Cc2ccccc2)COc2ccccc2C1=O. The Balaban J connectivity index is 1.59. The number of hydrogen-bond donors (Lipinski definition) is 0. The van der Waals surface area contributed by atoms with Crippen molar-refractivity contribution in [2.45, 2.75) is 44.6 Å². The second-order valence-corrected chi connectivity index (χ2v) is 10.8. The van der Waals surface area contributed by atoms with Gasteiger partial charge in [0.25, 0.3) is 5.91 Å². The molecule has 0 spiro atoms. The molecule has 0 bridgehead atoms. The number of carbonyl (C=O) groups is 2. The predicted octanol–water partition coefficient (Wildman–Crippen LogP) is 5.43. The molecule has 230 valence electrons. The van der Waals surface area contributed by atoms with E-state index in [1.54, 1.807) is 21.3 Å². The lowest BCUT2D eigenvalue weighted by Crippen LogP contribution is -2.45. The van der Waals surface area contributed by atoms with Crippen molar-refractivity contribution in [3.8, 4) is 17.2 Å². The highest BCUT2D eigenvalue weighted by Crippen LogP contribution is 2.28.